The number of carbonyl (C=O) groups is 2. The van der Waals surface area contributed by atoms with E-state index in [0.29, 0.717) is 17.1 Å². The van der Waals surface area contributed by atoms with Gasteiger partial charge in [-0.15, -0.1) is 0 Å². The van der Waals surface area contributed by atoms with Crippen LogP contribution in [0.5, 0.6) is 0 Å². The van der Waals surface area contributed by atoms with Crippen molar-refractivity contribution in [2.75, 3.05) is 16.5 Å². The number of hydrazine groups is 1. The summed E-state index contributed by atoms with van der Waals surface area (Å²) < 4.78 is 0. The molecule has 0 spiro atoms. The van der Waals surface area contributed by atoms with Crippen LogP contribution in [0.15, 0.2) is 91.3 Å². The summed E-state index contributed by atoms with van der Waals surface area (Å²) >= 11 is 0. The molecule has 8 nitrogen and oxygen atoms in total. The number of carbonyl (C=O) groups excluding carboxylic acids is 2. The van der Waals surface area contributed by atoms with Gasteiger partial charge in [-0.05, 0) is 42.3 Å². The number of hydrogen-bond donors (Lipinski definition) is 4. The fourth-order valence-corrected chi connectivity index (χ4v) is 3.50. The lowest BCUT2D eigenvalue weighted by Gasteiger charge is -2.19. The smallest absolute Gasteiger partial charge is 0.250 e. The van der Waals surface area contributed by atoms with Crippen LogP contribution in [0, 0.1) is 0 Å². The Morgan fingerprint density at radius 3 is 1.91 bits per heavy atom. The summed E-state index contributed by atoms with van der Waals surface area (Å²) in [6.45, 7) is 1.51. The first-order valence-corrected chi connectivity index (χ1v) is 10.7. The molecule has 1 heterocycles. The Hall–Kier alpha value is -4.72. The maximum Gasteiger partial charge on any atom is 0.250 e. The summed E-state index contributed by atoms with van der Waals surface area (Å²) in [5, 5.41) is 3.10. The zero-order valence-electron chi connectivity index (χ0n) is 18.5. The van der Waals surface area contributed by atoms with E-state index in [2.05, 4.69) is 26.1 Å². The van der Waals surface area contributed by atoms with E-state index >= 15 is 0 Å². The predicted octanol–water partition coefficient (Wildman–Crippen LogP) is 4.28. The molecule has 0 fully saturated rings. The summed E-state index contributed by atoms with van der Waals surface area (Å²) in [6, 6.07) is 26.0. The van der Waals surface area contributed by atoms with E-state index in [4.69, 9.17) is 5.73 Å². The second kappa shape index (κ2) is 10.3. The van der Waals surface area contributed by atoms with Gasteiger partial charge in [-0.25, -0.2) is 9.97 Å². The van der Waals surface area contributed by atoms with Gasteiger partial charge in [0.15, 0.2) is 17.4 Å². The number of Topliss-reactive ketones (excluding diaryl/α,β-unsaturated/α-hetero) is 1. The Morgan fingerprint density at radius 2 is 1.35 bits per heavy atom. The van der Waals surface area contributed by atoms with Gasteiger partial charge in [-0.3, -0.25) is 20.4 Å². The fraction of sp³-hybridized carbons (Fsp3) is 0.0769. The molecule has 0 aliphatic rings. The van der Waals surface area contributed by atoms with Gasteiger partial charge in [0.25, 0.3) is 0 Å². The van der Waals surface area contributed by atoms with Crippen molar-refractivity contribution in [1.29, 1.82) is 0 Å². The molecule has 170 valence electrons. The van der Waals surface area contributed by atoms with Gasteiger partial charge >= 0.3 is 0 Å². The lowest BCUT2D eigenvalue weighted by atomic mass is 9.91. The van der Waals surface area contributed by atoms with Gasteiger partial charge < -0.3 is 11.1 Å². The first kappa shape index (κ1) is 22.5. The summed E-state index contributed by atoms with van der Waals surface area (Å²) in [7, 11) is 0. The Labute approximate surface area is 197 Å². The average molecular weight is 453 g/mol. The van der Waals surface area contributed by atoms with Crippen molar-refractivity contribution >= 4 is 34.7 Å². The second-order valence-electron chi connectivity index (χ2n) is 7.61. The van der Waals surface area contributed by atoms with Crippen molar-refractivity contribution in [3.8, 4) is 0 Å². The topological polar surface area (TPSA) is 122 Å². The summed E-state index contributed by atoms with van der Waals surface area (Å²) in [5.41, 5.74) is 15.1. The van der Waals surface area contributed by atoms with Gasteiger partial charge in [0.2, 0.25) is 5.91 Å². The average Bonchev–Trinajstić information content (AvgIpc) is 2.86. The van der Waals surface area contributed by atoms with E-state index in [-0.39, 0.29) is 23.2 Å². The van der Waals surface area contributed by atoms with Crippen molar-refractivity contribution in [2.45, 2.75) is 12.8 Å². The van der Waals surface area contributed by atoms with Gasteiger partial charge in [0, 0.05) is 11.3 Å². The zero-order valence-corrected chi connectivity index (χ0v) is 18.5. The molecule has 0 unspecified atom stereocenters. The monoisotopic (exact) mass is 452 g/mol. The molecule has 0 saturated heterocycles. The minimum absolute atomic E-state index is 0.0142. The number of rotatable bonds is 8. The molecule has 0 aliphatic carbocycles. The van der Waals surface area contributed by atoms with Crippen molar-refractivity contribution in [3.05, 3.63) is 108 Å². The quantitative estimate of drug-likeness (QED) is 0.232. The van der Waals surface area contributed by atoms with E-state index in [0.717, 1.165) is 11.1 Å². The molecular weight excluding hydrogens is 428 g/mol. The van der Waals surface area contributed by atoms with Crippen LogP contribution in [0.1, 0.15) is 34.3 Å². The zero-order chi connectivity index (χ0) is 23.9. The number of aromatic nitrogens is 2. The number of amides is 1. The molecule has 0 bridgehead atoms. The number of anilines is 4. The van der Waals surface area contributed by atoms with Crippen LogP contribution < -0.4 is 21.9 Å². The van der Waals surface area contributed by atoms with E-state index < -0.39 is 5.92 Å². The van der Waals surface area contributed by atoms with Gasteiger partial charge in [0.1, 0.15) is 12.0 Å². The molecule has 0 atom stereocenters. The van der Waals surface area contributed by atoms with Crippen molar-refractivity contribution in [3.63, 3.8) is 0 Å². The van der Waals surface area contributed by atoms with Gasteiger partial charge in [-0.1, -0.05) is 60.7 Å². The van der Waals surface area contributed by atoms with Gasteiger partial charge in [-0.2, -0.15) is 0 Å². The molecule has 1 amide bonds. The molecule has 4 rings (SSSR count). The molecule has 8 heteroatoms. The molecule has 0 saturated carbocycles. The Bertz CT molecular complexity index is 1240. The second-order valence-corrected chi connectivity index (χ2v) is 7.61. The van der Waals surface area contributed by atoms with Crippen LogP contribution >= 0.6 is 0 Å². The van der Waals surface area contributed by atoms with Crippen molar-refractivity contribution in [1.82, 2.24) is 15.4 Å². The summed E-state index contributed by atoms with van der Waals surface area (Å²) in [5.74, 6) is -0.171. The van der Waals surface area contributed by atoms with E-state index in [9.17, 15) is 9.59 Å². The lowest BCUT2D eigenvalue weighted by molar-refractivity contribution is -0.121. The van der Waals surface area contributed by atoms with E-state index in [1.54, 1.807) is 24.3 Å². The Morgan fingerprint density at radius 1 is 0.794 bits per heavy atom. The standard InChI is InChI=1S/C26H24N6O2/c1-17(33)18-12-14-21(15-13-18)30-24-23(27)25(29-16-28-24)31-32-26(34)22(19-8-4-2-5-9-19)20-10-6-3-7-11-20/h2-16,22H,27H2,1H3,(H,32,34)(H2,28,29,30,31). The number of nitrogens with two attached hydrogens (primary N) is 1. The number of nitrogen functional groups attached to an aromatic ring is 1. The third-order valence-electron chi connectivity index (χ3n) is 5.27. The van der Waals surface area contributed by atoms with Crippen molar-refractivity contribution in [2.24, 2.45) is 0 Å². The van der Waals surface area contributed by atoms with Crippen LogP contribution in [0.3, 0.4) is 0 Å². The number of hydrogen-bond acceptors (Lipinski definition) is 7. The maximum atomic E-state index is 13.2. The SMILES string of the molecule is CC(=O)c1ccc(Nc2ncnc(NNC(=O)C(c3ccccc3)c3ccccc3)c2N)cc1. The largest absolute Gasteiger partial charge is 0.393 e. The molecule has 1 aromatic heterocycles. The number of nitrogens with zero attached hydrogens (tertiary/aromatic N) is 2. The highest BCUT2D eigenvalue weighted by atomic mass is 16.2. The number of benzene rings is 3. The highest BCUT2D eigenvalue weighted by Gasteiger charge is 2.23. The van der Waals surface area contributed by atoms with Crippen LogP contribution in [0.4, 0.5) is 23.0 Å². The Kier molecular flexibility index (Phi) is 6.78. The van der Waals surface area contributed by atoms with Crippen LogP contribution in [-0.2, 0) is 4.79 Å². The number of ketones is 1. The molecule has 4 aromatic rings. The molecular formula is C26H24N6O2. The molecule has 5 N–H and O–H groups in total. The maximum absolute atomic E-state index is 13.2. The third kappa shape index (κ3) is 5.18. The molecule has 3 aromatic carbocycles. The molecule has 0 radical (unpaired) electrons. The predicted molar refractivity (Wildman–Crippen MR) is 133 cm³/mol. The van der Waals surface area contributed by atoms with Crippen LogP contribution in [0.25, 0.3) is 0 Å². The minimum atomic E-state index is -0.518. The van der Waals surface area contributed by atoms with E-state index in [1.807, 2.05) is 60.7 Å². The highest BCUT2D eigenvalue weighted by Crippen LogP contribution is 2.27. The first-order chi connectivity index (χ1) is 16.5. The fourth-order valence-electron chi connectivity index (χ4n) is 3.50. The first-order valence-electron chi connectivity index (χ1n) is 10.7. The normalized spacial score (nSPS) is 10.5. The molecule has 0 aliphatic heterocycles. The number of nitrogens with one attached hydrogen (secondary N) is 3. The van der Waals surface area contributed by atoms with Crippen LogP contribution in [0.2, 0.25) is 0 Å². The van der Waals surface area contributed by atoms with E-state index in [1.165, 1.54) is 13.3 Å². The minimum Gasteiger partial charge on any atom is -0.393 e. The molecule has 34 heavy (non-hydrogen) atoms. The summed E-state index contributed by atoms with van der Waals surface area (Å²) in [4.78, 5) is 33.0. The summed E-state index contributed by atoms with van der Waals surface area (Å²) in [6.07, 6.45) is 1.34. The lowest BCUT2D eigenvalue weighted by Crippen LogP contribution is -2.35. The van der Waals surface area contributed by atoms with Crippen molar-refractivity contribution < 1.29 is 9.59 Å². The third-order valence-corrected chi connectivity index (χ3v) is 5.27. The Balaban J connectivity index is 1.50. The highest BCUT2D eigenvalue weighted by molar-refractivity contribution is 5.94. The van der Waals surface area contributed by atoms with Crippen LogP contribution in [-0.4, -0.2) is 21.7 Å². The van der Waals surface area contributed by atoms with Gasteiger partial charge in [0.05, 0.1) is 5.92 Å².